The number of nitrogens with zero attached hydrogens (tertiary/aromatic N) is 2. The Morgan fingerprint density at radius 3 is 3.08 bits per heavy atom. The summed E-state index contributed by atoms with van der Waals surface area (Å²) in [5, 5.41) is 7.82. The van der Waals surface area contributed by atoms with E-state index in [9.17, 15) is 0 Å². The molecule has 0 aliphatic rings. The third-order valence-corrected chi connectivity index (χ3v) is 2.22. The second-order valence-electron chi connectivity index (χ2n) is 2.65. The van der Waals surface area contributed by atoms with Crippen LogP contribution in [0.5, 0.6) is 0 Å². The maximum atomic E-state index is 5.38. The molecule has 0 spiro atoms. The van der Waals surface area contributed by atoms with Crippen LogP contribution in [-0.2, 0) is 6.54 Å². The Kier molecular flexibility index (Phi) is 2.27. The van der Waals surface area contributed by atoms with Gasteiger partial charge < -0.3 is 9.73 Å². The van der Waals surface area contributed by atoms with E-state index in [-0.39, 0.29) is 0 Å². The zero-order chi connectivity index (χ0) is 9.10. The molecule has 5 heteroatoms. The molecule has 2 heterocycles. The monoisotopic (exact) mass is 195 g/mol. The van der Waals surface area contributed by atoms with E-state index in [1.54, 1.807) is 6.20 Å². The lowest BCUT2D eigenvalue weighted by Crippen LogP contribution is -1.95. The smallest absolute Gasteiger partial charge is 0.130 e. The van der Waals surface area contributed by atoms with E-state index in [2.05, 4.69) is 14.9 Å². The number of furan rings is 1. The Morgan fingerprint density at radius 1 is 1.54 bits per heavy atom. The molecule has 0 aliphatic heterocycles. The summed E-state index contributed by atoms with van der Waals surface area (Å²) in [6.45, 7) is 2.61. The summed E-state index contributed by atoms with van der Waals surface area (Å²) in [6, 6.07) is 3.90. The summed E-state index contributed by atoms with van der Waals surface area (Å²) in [4.78, 5) is 0. The summed E-state index contributed by atoms with van der Waals surface area (Å²) in [6.07, 6.45) is 1.69. The van der Waals surface area contributed by atoms with Gasteiger partial charge in [0.05, 0.1) is 12.7 Å². The molecule has 0 aromatic carbocycles. The molecule has 68 valence electrons. The van der Waals surface area contributed by atoms with Gasteiger partial charge in [0.15, 0.2) is 0 Å². The lowest BCUT2D eigenvalue weighted by molar-refractivity contribution is 0.490. The van der Waals surface area contributed by atoms with Crippen molar-refractivity contribution >= 4 is 16.5 Å². The quantitative estimate of drug-likeness (QED) is 0.814. The molecule has 0 saturated carbocycles. The van der Waals surface area contributed by atoms with Crippen LogP contribution in [-0.4, -0.2) is 9.59 Å². The number of aromatic nitrogens is 2. The van der Waals surface area contributed by atoms with Crippen LogP contribution in [0, 0.1) is 6.92 Å². The fraction of sp³-hybridized carbons (Fsp3) is 0.250. The summed E-state index contributed by atoms with van der Waals surface area (Å²) in [7, 11) is 0. The van der Waals surface area contributed by atoms with Crippen molar-refractivity contribution < 1.29 is 4.42 Å². The average molecular weight is 195 g/mol. The molecular formula is C8H9N3OS. The molecule has 0 fully saturated rings. The van der Waals surface area contributed by atoms with Crippen molar-refractivity contribution in [3.63, 3.8) is 0 Å². The molecule has 4 nitrogen and oxygen atoms in total. The van der Waals surface area contributed by atoms with E-state index in [0.29, 0.717) is 6.54 Å². The van der Waals surface area contributed by atoms with Crippen molar-refractivity contribution in [3.8, 4) is 0 Å². The van der Waals surface area contributed by atoms with Crippen molar-refractivity contribution in [3.05, 3.63) is 29.9 Å². The maximum absolute atomic E-state index is 5.38. The average Bonchev–Trinajstić information content (AvgIpc) is 2.71. The van der Waals surface area contributed by atoms with Crippen molar-refractivity contribution in [1.29, 1.82) is 0 Å². The first-order chi connectivity index (χ1) is 6.34. The van der Waals surface area contributed by atoms with Gasteiger partial charge in [0, 0.05) is 11.5 Å². The molecule has 13 heavy (non-hydrogen) atoms. The summed E-state index contributed by atoms with van der Waals surface area (Å²) in [5.41, 5.74) is 0. The van der Waals surface area contributed by atoms with Gasteiger partial charge in [-0.3, -0.25) is 0 Å². The van der Waals surface area contributed by atoms with Crippen LogP contribution in [0.3, 0.4) is 0 Å². The van der Waals surface area contributed by atoms with Gasteiger partial charge in [-0.15, -0.1) is 5.10 Å². The summed E-state index contributed by atoms with van der Waals surface area (Å²) >= 11 is 1.34. The lowest BCUT2D eigenvalue weighted by atomic mass is 10.4. The highest BCUT2D eigenvalue weighted by molar-refractivity contribution is 7.09. The lowest BCUT2D eigenvalue weighted by Gasteiger charge is -1.97. The number of nitrogens with one attached hydrogen (secondary N) is 1. The standard InChI is InChI=1S/C8H9N3OS/c1-6-2-3-7(12-6)4-9-8-5-10-11-13-8/h2-3,5,9H,4H2,1H3. The zero-order valence-electron chi connectivity index (χ0n) is 7.15. The van der Waals surface area contributed by atoms with E-state index in [4.69, 9.17) is 4.42 Å². The van der Waals surface area contributed by atoms with Gasteiger partial charge in [0.1, 0.15) is 16.5 Å². The van der Waals surface area contributed by atoms with E-state index in [1.165, 1.54) is 11.5 Å². The van der Waals surface area contributed by atoms with Crippen LogP contribution >= 0.6 is 11.5 Å². The van der Waals surface area contributed by atoms with Gasteiger partial charge >= 0.3 is 0 Å². The van der Waals surface area contributed by atoms with E-state index >= 15 is 0 Å². The number of aryl methyl sites for hydroxylation is 1. The molecule has 0 atom stereocenters. The van der Waals surface area contributed by atoms with Crippen LogP contribution in [0.4, 0.5) is 5.00 Å². The van der Waals surface area contributed by atoms with Crippen LogP contribution in [0.1, 0.15) is 11.5 Å². The number of hydrogen-bond acceptors (Lipinski definition) is 5. The third kappa shape index (κ3) is 2.06. The zero-order valence-corrected chi connectivity index (χ0v) is 7.97. The summed E-state index contributed by atoms with van der Waals surface area (Å²) < 4.78 is 9.12. The molecule has 2 rings (SSSR count). The SMILES string of the molecule is Cc1ccc(CNc2cnns2)o1. The van der Waals surface area contributed by atoms with Crippen LogP contribution < -0.4 is 5.32 Å². The van der Waals surface area contributed by atoms with Crippen molar-refractivity contribution in [2.75, 3.05) is 5.32 Å². The van der Waals surface area contributed by atoms with Crippen LogP contribution in [0.25, 0.3) is 0 Å². The molecule has 1 N–H and O–H groups in total. The molecule has 0 saturated heterocycles. The van der Waals surface area contributed by atoms with Crippen molar-refractivity contribution in [2.24, 2.45) is 0 Å². The van der Waals surface area contributed by atoms with Gasteiger partial charge in [0.2, 0.25) is 0 Å². The molecule has 0 aliphatic carbocycles. The molecule has 0 amide bonds. The maximum Gasteiger partial charge on any atom is 0.130 e. The Balaban J connectivity index is 1.93. The molecule has 2 aromatic rings. The highest BCUT2D eigenvalue weighted by Crippen LogP contribution is 2.12. The predicted molar refractivity (Wildman–Crippen MR) is 50.7 cm³/mol. The third-order valence-electron chi connectivity index (χ3n) is 1.59. The van der Waals surface area contributed by atoms with Gasteiger partial charge in [-0.25, -0.2) is 0 Å². The number of rotatable bonds is 3. The Hall–Kier alpha value is -1.36. The van der Waals surface area contributed by atoms with Crippen molar-refractivity contribution in [2.45, 2.75) is 13.5 Å². The first-order valence-electron chi connectivity index (χ1n) is 3.91. The topological polar surface area (TPSA) is 51.0 Å². The Morgan fingerprint density at radius 2 is 2.46 bits per heavy atom. The first-order valence-corrected chi connectivity index (χ1v) is 4.68. The Bertz CT molecular complexity index is 368. The van der Waals surface area contributed by atoms with E-state index in [0.717, 1.165) is 16.5 Å². The molecule has 2 aromatic heterocycles. The van der Waals surface area contributed by atoms with E-state index in [1.807, 2.05) is 19.1 Å². The van der Waals surface area contributed by atoms with Gasteiger partial charge in [-0.05, 0) is 19.1 Å². The normalized spacial score (nSPS) is 10.2. The van der Waals surface area contributed by atoms with Crippen LogP contribution in [0.15, 0.2) is 22.7 Å². The highest BCUT2D eigenvalue weighted by atomic mass is 32.1. The first kappa shape index (κ1) is 8.25. The van der Waals surface area contributed by atoms with Crippen molar-refractivity contribution in [1.82, 2.24) is 9.59 Å². The molecular weight excluding hydrogens is 186 g/mol. The second kappa shape index (κ2) is 3.57. The Labute approximate surface area is 79.8 Å². The second-order valence-corrected chi connectivity index (χ2v) is 3.43. The van der Waals surface area contributed by atoms with Gasteiger partial charge in [-0.2, -0.15) is 0 Å². The minimum Gasteiger partial charge on any atom is -0.465 e. The molecule has 0 radical (unpaired) electrons. The van der Waals surface area contributed by atoms with Gasteiger partial charge in [-0.1, -0.05) is 4.49 Å². The fourth-order valence-corrected chi connectivity index (χ4v) is 1.41. The summed E-state index contributed by atoms with van der Waals surface area (Å²) in [5.74, 6) is 1.85. The number of hydrogen-bond donors (Lipinski definition) is 1. The molecule has 0 bridgehead atoms. The predicted octanol–water partition coefficient (Wildman–Crippen LogP) is 2.05. The number of anilines is 1. The minimum atomic E-state index is 0.678. The van der Waals surface area contributed by atoms with Crippen LogP contribution in [0.2, 0.25) is 0 Å². The molecule has 0 unspecified atom stereocenters. The minimum absolute atomic E-state index is 0.678. The fourth-order valence-electron chi connectivity index (χ4n) is 0.999. The largest absolute Gasteiger partial charge is 0.465 e. The van der Waals surface area contributed by atoms with E-state index < -0.39 is 0 Å². The highest BCUT2D eigenvalue weighted by Gasteiger charge is 1.99. The van der Waals surface area contributed by atoms with Gasteiger partial charge in [0.25, 0.3) is 0 Å².